The number of para-hydroxylation sites is 1. The van der Waals surface area contributed by atoms with E-state index >= 15 is 0 Å². The van der Waals surface area contributed by atoms with Gasteiger partial charge in [-0.05, 0) is 25.0 Å². The van der Waals surface area contributed by atoms with Crippen molar-refractivity contribution < 1.29 is 9.59 Å². The smallest absolute Gasteiger partial charge is 0.316 e. The molecule has 0 saturated carbocycles. The molecular formula is C11H12N2O2. The fourth-order valence-corrected chi connectivity index (χ4v) is 1.99. The van der Waals surface area contributed by atoms with Gasteiger partial charge in [-0.1, -0.05) is 18.2 Å². The fourth-order valence-electron chi connectivity index (χ4n) is 1.99. The molecule has 0 aromatic heterocycles. The molecule has 0 spiro atoms. The highest BCUT2D eigenvalue weighted by Crippen LogP contribution is 2.31. The van der Waals surface area contributed by atoms with Crippen LogP contribution in [0.5, 0.6) is 0 Å². The van der Waals surface area contributed by atoms with Gasteiger partial charge in [-0.2, -0.15) is 0 Å². The number of hydrogen-bond donors (Lipinski definition) is 1. The first-order valence-corrected chi connectivity index (χ1v) is 4.82. The third-order valence-corrected chi connectivity index (χ3v) is 2.64. The van der Waals surface area contributed by atoms with Crippen LogP contribution in [-0.4, -0.2) is 17.9 Å². The molecule has 1 aliphatic rings. The van der Waals surface area contributed by atoms with Crippen LogP contribution in [0.15, 0.2) is 24.3 Å². The molecule has 2 amide bonds. The van der Waals surface area contributed by atoms with Crippen LogP contribution in [0.3, 0.4) is 0 Å². The van der Waals surface area contributed by atoms with E-state index in [1.54, 1.807) is 0 Å². The van der Waals surface area contributed by atoms with Crippen LogP contribution in [0.25, 0.3) is 0 Å². The zero-order valence-electron chi connectivity index (χ0n) is 8.43. The van der Waals surface area contributed by atoms with Crippen molar-refractivity contribution in [3.63, 3.8) is 0 Å². The summed E-state index contributed by atoms with van der Waals surface area (Å²) >= 11 is 0. The lowest BCUT2D eigenvalue weighted by atomic mass is 10.1. The number of benzene rings is 1. The zero-order valence-corrected chi connectivity index (χ0v) is 8.43. The highest BCUT2D eigenvalue weighted by molar-refractivity contribution is 6.40. The van der Waals surface area contributed by atoms with Gasteiger partial charge in [0, 0.05) is 11.7 Å². The largest absolute Gasteiger partial charge is 0.361 e. The summed E-state index contributed by atoms with van der Waals surface area (Å²) in [7, 11) is 0. The number of rotatable bonds is 0. The van der Waals surface area contributed by atoms with Gasteiger partial charge in [0.25, 0.3) is 0 Å². The van der Waals surface area contributed by atoms with E-state index in [2.05, 4.69) is 0 Å². The van der Waals surface area contributed by atoms with Crippen molar-refractivity contribution in [3.05, 3.63) is 29.8 Å². The quantitative estimate of drug-likeness (QED) is 0.623. The van der Waals surface area contributed by atoms with Crippen LogP contribution in [0.2, 0.25) is 0 Å². The lowest BCUT2D eigenvalue weighted by Gasteiger charge is -2.20. The molecule has 1 aromatic rings. The molecule has 0 bridgehead atoms. The normalized spacial score (nSPS) is 18.7. The number of fused-ring (bicyclic) bond motifs is 1. The summed E-state index contributed by atoms with van der Waals surface area (Å²) in [5.41, 5.74) is 6.89. The Morgan fingerprint density at radius 1 is 1.40 bits per heavy atom. The third-order valence-electron chi connectivity index (χ3n) is 2.64. The maximum Gasteiger partial charge on any atom is 0.316 e. The predicted octanol–water partition coefficient (Wildman–Crippen LogP) is 0.450. The molecular weight excluding hydrogens is 192 g/mol. The molecule has 2 N–H and O–H groups in total. The highest BCUT2D eigenvalue weighted by atomic mass is 16.2. The van der Waals surface area contributed by atoms with Gasteiger partial charge in [0.1, 0.15) is 0 Å². The lowest BCUT2D eigenvalue weighted by Crippen LogP contribution is -2.43. The Kier molecular flexibility index (Phi) is 2.19. The molecule has 1 unspecified atom stereocenters. The van der Waals surface area contributed by atoms with Gasteiger partial charge in [-0.15, -0.1) is 0 Å². The second-order valence-electron chi connectivity index (χ2n) is 3.72. The Morgan fingerprint density at radius 2 is 2.07 bits per heavy atom. The fraction of sp³-hybridized carbons (Fsp3) is 0.273. The number of carbonyl (C=O) groups excluding carboxylic acids is 2. The van der Waals surface area contributed by atoms with Gasteiger partial charge in [-0.3, -0.25) is 9.59 Å². The van der Waals surface area contributed by atoms with E-state index in [-0.39, 0.29) is 6.04 Å². The standard InChI is InChI=1S/C11H12N2O2/c1-7-6-8-4-2-3-5-9(8)13(7)11(15)10(12)14/h2-5,7H,6H2,1H3,(H2,12,14). The van der Waals surface area contributed by atoms with Crippen molar-refractivity contribution in [1.29, 1.82) is 0 Å². The maximum atomic E-state index is 11.6. The number of anilines is 1. The molecule has 1 aliphatic heterocycles. The summed E-state index contributed by atoms with van der Waals surface area (Å²) in [5, 5.41) is 0. The van der Waals surface area contributed by atoms with Crippen molar-refractivity contribution in [3.8, 4) is 0 Å². The summed E-state index contributed by atoms with van der Waals surface area (Å²) in [6.07, 6.45) is 0.773. The van der Waals surface area contributed by atoms with Crippen molar-refractivity contribution >= 4 is 17.5 Å². The lowest BCUT2D eigenvalue weighted by molar-refractivity contribution is -0.135. The molecule has 0 saturated heterocycles. The van der Waals surface area contributed by atoms with E-state index < -0.39 is 11.8 Å². The summed E-state index contributed by atoms with van der Waals surface area (Å²) in [5.74, 6) is -1.54. The summed E-state index contributed by atoms with van der Waals surface area (Å²) < 4.78 is 0. The van der Waals surface area contributed by atoms with Gasteiger partial charge in [0.05, 0.1) is 0 Å². The second-order valence-corrected chi connectivity index (χ2v) is 3.72. The van der Waals surface area contributed by atoms with E-state index in [1.165, 1.54) is 4.90 Å². The Labute approximate surface area is 87.7 Å². The molecule has 0 aliphatic carbocycles. The van der Waals surface area contributed by atoms with E-state index in [1.807, 2.05) is 31.2 Å². The molecule has 2 rings (SSSR count). The van der Waals surface area contributed by atoms with Gasteiger partial charge in [-0.25, -0.2) is 0 Å². The molecule has 1 aromatic carbocycles. The minimum atomic E-state index is -0.904. The Morgan fingerprint density at radius 3 is 2.73 bits per heavy atom. The minimum absolute atomic E-state index is 0.00222. The maximum absolute atomic E-state index is 11.6. The molecule has 0 fully saturated rings. The molecule has 1 atom stereocenters. The summed E-state index contributed by atoms with van der Waals surface area (Å²) in [6, 6.07) is 7.56. The van der Waals surface area contributed by atoms with E-state index in [9.17, 15) is 9.59 Å². The van der Waals surface area contributed by atoms with Crippen LogP contribution >= 0.6 is 0 Å². The van der Waals surface area contributed by atoms with Crippen LogP contribution in [0.1, 0.15) is 12.5 Å². The first-order valence-electron chi connectivity index (χ1n) is 4.82. The van der Waals surface area contributed by atoms with Crippen LogP contribution < -0.4 is 10.6 Å². The van der Waals surface area contributed by atoms with Gasteiger partial charge in [0.2, 0.25) is 0 Å². The minimum Gasteiger partial charge on any atom is -0.361 e. The SMILES string of the molecule is CC1Cc2ccccc2N1C(=O)C(N)=O. The number of carbonyl (C=O) groups is 2. The van der Waals surface area contributed by atoms with Gasteiger partial charge < -0.3 is 10.6 Å². The topological polar surface area (TPSA) is 63.4 Å². The van der Waals surface area contributed by atoms with Crippen molar-refractivity contribution in [1.82, 2.24) is 0 Å². The molecule has 4 heteroatoms. The Hall–Kier alpha value is -1.84. The predicted molar refractivity (Wildman–Crippen MR) is 56.3 cm³/mol. The number of primary amides is 1. The molecule has 15 heavy (non-hydrogen) atoms. The van der Waals surface area contributed by atoms with Crippen molar-refractivity contribution in [2.75, 3.05) is 4.90 Å². The van der Waals surface area contributed by atoms with Crippen molar-refractivity contribution in [2.24, 2.45) is 5.73 Å². The first kappa shape index (κ1) is 9.71. The van der Waals surface area contributed by atoms with E-state index in [0.717, 1.165) is 17.7 Å². The number of nitrogens with two attached hydrogens (primary N) is 1. The molecule has 78 valence electrons. The van der Waals surface area contributed by atoms with Gasteiger partial charge in [0.15, 0.2) is 0 Å². The monoisotopic (exact) mass is 204 g/mol. The number of amides is 2. The summed E-state index contributed by atoms with van der Waals surface area (Å²) in [4.78, 5) is 23.9. The molecule has 0 radical (unpaired) electrons. The average molecular weight is 204 g/mol. The van der Waals surface area contributed by atoms with E-state index in [0.29, 0.717) is 0 Å². The second kappa shape index (κ2) is 3.38. The van der Waals surface area contributed by atoms with E-state index in [4.69, 9.17) is 5.73 Å². The van der Waals surface area contributed by atoms with Crippen molar-refractivity contribution in [2.45, 2.75) is 19.4 Å². The molecule has 4 nitrogen and oxygen atoms in total. The van der Waals surface area contributed by atoms with Crippen LogP contribution in [0.4, 0.5) is 5.69 Å². The van der Waals surface area contributed by atoms with Gasteiger partial charge >= 0.3 is 11.8 Å². The number of nitrogens with zero attached hydrogens (tertiary/aromatic N) is 1. The van der Waals surface area contributed by atoms with Crippen LogP contribution in [-0.2, 0) is 16.0 Å². The molecule has 1 heterocycles. The first-order chi connectivity index (χ1) is 7.11. The third kappa shape index (κ3) is 1.48. The Balaban J connectivity index is 2.42. The average Bonchev–Trinajstić information content (AvgIpc) is 2.52. The summed E-state index contributed by atoms with van der Waals surface area (Å²) in [6.45, 7) is 1.90. The Bertz CT molecular complexity index is 428. The highest BCUT2D eigenvalue weighted by Gasteiger charge is 2.32. The number of hydrogen-bond acceptors (Lipinski definition) is 2. The zero-order chi connectivity index (χ0) is 11.0. The van der Waals surface area contributed by atoms with Crippen LogP contribution in [0, 0.1) is 0 Å².